The molecule has 4 aromatic rings. The SMILES string of the molecule is Cc1cc(C(=O)Nc2cccc(/C=C/c3ccccn3)c2)c2c(=O)[nH]n(C)c2n1. The van der Waals surface area contributed by atoms with E-state index in [1.807, 2.05) is 48.6 Å². The van der Waals surface area contributed by atoms with E-state index < -0.39 is 0 Å². The van der Waals surface area contributed by atoms with E-state index in [1.165, 1.54) is 4.68 Å². The van der Waals surface area contributed by atoms with Crippen LogP contribution in [0.1, 0.15) is 27.3 Å². The van der Waals surface area contributed by atoms with Crippen molar-refractivity contribution in [1.82, 2.24) is 19.7 Å². The second-order valence-electron chi connectivity index (χ2n) is 6.68. The number of fused-ring (bicyclic) bond motifs is 1. The summed E-state index contributed by atoms with van der Waals surface area (Å²) >= 11 is 0. The third-order valence-electron chi connectivity index (χ3n) is 4.47. The Bertz CT molecular complexity index is 1290. The molecule has 7 heteroatoms. The molecule has 0 radical (unpaired) electrons. The quantitative estimate of drug-likeness (QED) is 0.563. The summed E-state index contributed by atoms with van der Waals surface area (Å²) < 4.78 is 1.52. The minimum Gasteiger partial charge on any atom is -0.322 e. The molecule has 1 amide bonds. The maximum atomic E-state index is 12.9. The topological polar surface area (TPSA) is 92.7 Å². The minimum atomic E-state index is -0.358. The van der Waals surface area contributed by atoms with Crippen LogP contribution < -0.4 is 10.9 Å². The Hall–Kier alpha value is -4.00. The summed E-state index contributed by atoms with van der Waals surface area (Å²) in [5.41, 5.74) is 3.46. The molecule has 0 unspecified atom stereocenters. The fourth-order valence-electron chi connectivity index (χ4n) is 3.14. The lowest BCUT2D eigenvalue weighted by molar-refractivity contribution is 0.102. The Kier molecular flexibility index (Phi) is 4.78. The highest BCUT2D eigenvalue weighted by molar-refractivity contribution is 6.12. The van der Waals surface area contributed by atoms with Gasteiger partial charge in [-0.1, -0.05) is 24.3 Å². The van der Waals surface area contributed by atoms with Crippen LogP contribution >= 0.6 is 0 Å². The number of nitrogens with zero attached hydrogens (tertiary/aromatic N) is 3. The van der Waals surface area contributed by atoms with Gasteiger partial charge in [0, 0.05) is 24.6 Å². The minimum absolute atomic E-state index is 0.279. The number of aromatic amines is 1. The summed E-state index contributed by atoms with van der Waals surface area (Å²) in [5.74, 6) is -0.358. The van der Waals surface area contributed by atoms with Gasteiger partial charge in [-0.05, 0) is 48.9 Å². The lowest BCUT2D eigenvalue weighted by atomic mass is 10.1. The van der Waals surface area contributed by atoms with Gasteiger partial charge in [0.15, 0.2) is 5.65 Å². The van der Waals surface area contributed by atoms with Crippen molar-refractivity contribution >= 4 is 34.8 Å². The second kappa shape index (κ2) is 7.55. The summed E-state index contributed by atoms with van der Waals surface area (Å²) in [6.07, 6.45) is 5.56. The highest BCUT2D eigenvalue weighted by Crippen LogP contribution is 2.18. The van der Waals surface area contributed by atoms with Crippen molar-refractivity contribution in [2.45, 2.75) is 6.92 Å². The number of amides is 1. The number of hydrogen-bond donors (Lipinski definition) is 2. The number of aryl methyl sites for hydroxylation is 2. The van der Waals surface area contributed by atoms with Crippen LogP contribution in [0.4, 0.5) is 5.69 Å². The summed E-state index contributed by atoms with van der Waals surface area (Å²) in [6.45, 7) is 1.79. The molecular weight excluding hydrogens is 366 g/mol. The average Bonchev–Trinajstić information content (AvgIpc) is 3.00. The van der Waals surface area contributed by atoms with Crippen LogP contribution in [-0.2, 0) is 7.05 Å². The summed E-state index contributed by atoms with van der Waals surface area (Å²) in [6, 6.07) is 14.8. The molecule has 29 heavy (non-hydrogen) atoms. The lowest BCUT2D eigenvalue weighted by Crippen LogP contribution is -2.15. The third kappa shape index (κ3) is 3.84. The molecule has 0 atom stereocenters. The van der Waals surface area contributed by atoms with E-state index in [2.05, 4.69) is 20.4 Å². The van der Waals surface area contributed by atoms with Gasteiger partial charge in [0.2, 0.25) is 0 Å². The number of H-pyrrole nitrogens is 1. The molecule has 0 aliphatic carbocycles. The number of anilines is 1. The van der Waals surface area contributed by atoms with Gasteiger partial charge in [0.05, 0.1) is 16.6 Å². The van der Waals surface area contributed by atoms with Gasteiger partial charge >= 0.3 is 0 Å². The van der Waals surface area contributed by atoms with Crippen molar-refractivity contribution in [2.75, 3.05) is 5.32 Å². The van der Waals surface area contributed by atoms with Gasteiger partial charge in [0.25, 0.3) is 11.5 Å². The summed E-state index contributed by atoms with van der Waals surface area (Å²) in [4.78, 5) is 33.8. The zero-order valence-electron chi connectivity index (χ0n) is 16.0. The number of carbonyl (C=O) groups excluding carboxylic acids is 1. The summed E-state index contributed by atoms with van der Waals surface area (Å²) in [5, 5.41) is 5.80. The average molecular weight is 385 g/mol. The Morgan fingerprint density at radius 1 is 1.14 bits per heavy atom. The number of nitrogens with one attached hydrogen (secondary N) is 2. The first-order chi connectivity index (χ1) is 14.0. The van der Waals surface area contributed by atoms with E-state index in [0.717, 1.165) is 11.3 Å². The molecule has 2 N–H and O–H groups in total. The lowest BCUT2D eigenvalue weighted by Gasteiger charge is -2.08. The maximum absolute atomic E-state index is 12.9. The molecule has 3 aromatic heterocycles. The molecule has 0 saturated carbocycles. The van der Waals surface area contributed by atoms with Gasteiger partial charge in [-0.3, -0.25) is 24.4 Å². The first-order valence-corrected chi connectivity index (χ1v) is 9.08. The molecule has 0 fully saturated rings. The molecule has 0 saturated heterocycles. The molecule has 1 aromatic carbocycles. The van der Waals surface area contributed by atoms with Gasteiger partial charge in [0.1, 0.15) is 0 Å². The van der Waals surface area contributed by atoms with Crippen molar-refractivity contribution in [3.63, 3.8) is 0 Å². The first-order valence-electron chi connectivity index (χ1n) is 9.08. The number of benzene rings is 1. The Morgan fingerprint density at radius 3 is 2.79 bits per heavy atom. The van der Waals surface area contributed by atoms with E-state index in [9.17, 15) is 9.59 Å². The molecule has 7 nitrogen and oxygen atoms in total. The molecular formula is C22H19N5O2. The molecule has 0 spiro atoms. The smallest absolute Gasteiger partial charge is 0.274 e. The Balaban J connectivity index is 1.62. The van der Waals surface area contributed by atoms with E-state index in [4.69, 9.17) is 0 Å². The molecule has 0 aliphatic heterocycles. The fraction of sp³-hybridized carbons (Fsp3) is 0.0909. The first kappa shape index (κ1) is 18.4. The Morgan fingerprint density at radius 2 is 2.00 bits per heavy atom. The van der Waals surface area contributed by atoms with Crippen LogP contribution in [0.15, 0.2) is 59.5 Å². The number of pyridine rings is 2. The van der Waals surface area contributed by atoms with Crippen LogP contribution in [0, 0.1) is 6.92 Å². The number of aromatic nitrogens is 4. The zero-order chi connectivity index (χ0) is 20.4. The van der Waals surface area contributed by atoms with Crippen molar-refractivity contribution < 1.29 is 4.79 Å². The second-order valence-corrected chi connectivity index (χ2v) is 6.68. The van der Waals surface area contributed by atoms with Gasteiger partial charge < -0.3 is 5.32 Å². The van der Waals surface area contributed by atoms with E-state index >= 15 is 0 Å². The predicted octanol–water partition coefficient (Wildman–Crippen LogP) is 3.39. The zero-order valence-corrected chi connectivity index (χ0v) is 16.0. The van der Waals surface area contributed by atoms with Crippen LogP contribution in [0.5, 0.6) is 0 Å². The van der Waals surface area contributed by atoms with Crippen LogP contribution in [0.2, 0.25) is 0 Å². The predicted molar refractivity (Wildman–Crippen MR) is 114 cm³/mol. The normalized spacial score (nSPS) is 11.2. The van der Waals surface area contributed by atoms with Crippen LogP contribution in [0.3, 0.4) is 0 Å². The van der Waals surface area contributed by atoms with E-state index in [1.54, 1.807) is 32.3 Å². The van der Waals surface area contributed by atoms with Gasteiger partial charge in [-0.25, -0.2) is 4.98 Å². The highest BCUT2D eigenvalue weighted by atomic mass is 16.2. The van der Waals surface area contributed by atoms with Crippen LogP contribution in [-0.4, -0.2) is 25.7 Å². The largest absolute Gasteiger partial charge is 0.322 e. The van der Waals surface area contributed by atoms with Gasteiger partial charge in [-0.2, -0.15) is 0 Å². The molecule has 144 valence electrons. The monoisotopic (exact) mass is 385 g/mol. The van der Waals surface area contributed by atoms with Crippen molar-refractivity contribution in [3.05, 3.63) is 87.6 Å². The summed E-state index contributed by atoms with van der Waals surface area (Å²) in [7, 11) is 1.69. The number of carbonyl (C=O) groups is 1. The van der Waals surface area contributed by atoms with Crippen molar-refractivity contribution in [2.24, 2.45) is 7.05 Å². The van der Waals surface area contributed by atoms with E-state index in [0.29, 0.717) is 22.6 Å². The maximum Gasteiger partial charge on any atom is 0.274 e. The fourth-order valence-corrected chi connectivity index (χ4v) is 3.14. The number of rotatable bonds is 4. The molecule has 0 bridgehead atoms. The van der Waals surface area contributed by atoms with Crippen LogP contribution in [0.25, 0.3) is 23.2 Å². The van der Waals surface area contributed by atoms with Crippen molar-refractivity contribution in [1.29, 1.82) is 0 Å². The molecule has 4 rings (SSSR count). The third-order valence-corrected chi connectivity index (χ3v) is 4.47. The number of hydrogen-bond acceptors (Lipinski definition) is 4. The Labute approximate surface area is 166 Å². The standard InChI is InChI=1S/C22H19N5O2/c1-14-12-18(19-20(24-14)27(2)26-22(19)29)21(28)25-17-8-5-6-15(13-17)9-10-16-7-3-4-11-23-16/h3-13H,1-2H3,(H,25,28)(H,26,29)/b10-9+. The highest BCUT2D eigenvalue weighted by Gasteiger charge is 2.18. The van der Waals surface area contributed by atoms with E-state index in [-0.39, 0.29) is 16.9 Å². The van der Waals surface area contributed by atoms with Crippen molar-refractivity contribution in [3.8, 4) is 0 Å². The van der Waals surface area contributed by atoms with Gasteiger partial charge in [-0.15, -0.1) is 0 Å². The molecule has 0 aliphatic rings. The molecule has 3 heterocycles.